The lowest BCUT2D eigenvalue weighted by atomic mass is 10.0. The molecule has 0 aliphatic carbocycles. The molecule has 0 saturated carbocycles. The molecule has 35 heavy (non-hydrogen) atoms. The highest BCUT2D eigenvalue weighted by Crippen LogP contribution is 2.37. The lowest BCUT2D eigenvalue weighted by molar-refractivity contribution is 0.0529. The van der Waals surface area contributed by atoms with Crippen LogP contribution in [-0.4, -0.2) is 23.1 Å². The first kappa shape index (κ1) is 24.7. The van der Waals surface area contributed by atoms with Crippen molar-refractivity contribution in [1.82, 2.24) is 4.57 Å². The molecule has 4 rings (SSSR count). The number of nitrogens with one attached hydrogen (secondary N) is 1. The third-order valence-electron chi connectivity index (χ3n) is 6.49. The Bertz CT molecular complexity index is 1380. The average molecular weight is 489 g/mol. The predicted octanol–water partition coefficient (Wildman–Crippen LogP) is 7.25. The van der Waals surface area contributed by atoms with E-state index in [1.165, 1.54) is 22.5 Å². The summed E-state index contributed by atoms with van der Waals surface area (Å²) in [5.74, 6) is -0.655. The predicted molar refractivity (Wildman–Crippen MR) is 145 cm³/mol. The number of thiophene rings is 1. The minimum Gasteiger partial charge on any atom is -0.462 e. The Balaban J connectivity index is 1.77. The normalized spacial score (nSPS) is 11.1. The highest BCUT2D eigenvalue weighted by Gasteiger charge is 2.26. The fourth-order valence-corrected chi connectivity index (χ4v) is 5.51. The van der Waals surface area contributed by atoms with Crippen molar-refractivity contribution in [2.75, 3.05) is 11.9 Å². The quantitative estimate of drug-likeness (QED) is 0.266. The van der Waals surface area contributed by atoms with Gasteiger partial charge in [-0.3, -0.25) is 4.79 Å². The third kappa shape index (κ3) is 4.63. The molecule has 0 aliphatic rings. The van der Waals surface area contributed by atoms with Crippen LogP contribution in [0.1, 0.15) is 65.2 Å². The molecule has 2 aromatic heterocycles. The standard InChI is InChI=1S/C29H32N2O3S/c1-6-19-10-13-21(14-11-19)23-17-35-28(25(23)29(33)34-9-4)30-27(32)26-18(5)22-16-20(7-2)12-15-24(22)31(26)8-3/h10-17H,6-9H2,1-5H3,(H,30,32). The molecule has 4 aromatic rings. The number of hydrogen-bond acceptors (Lipinski definition) is 4. The van der Waals surface area contributed by atoms with Gasteiger partial charge in [0, 0.05) is 28.4 Å². The molecule has 0 fully saturated rings. The maximum atomic E-state index is 13.6. The van der Waals surface area contributed by atoms with Crippen molar-refractivity contribution in [3.63, 3.8) is 0 Å². The maximum Gasteiger partial charge on any atom is 0.341 e. The molecule has 1 N–H and O–H groups in total. The number of esters is 1. The van der Waals surface area contributed by atoms with Crippen LogP contribution in [0.2, 0.25) is 0 Å². The number of carbonyl (C=O) groups excluding carboxylic acids is 2. The summed E-state index contributed by atoms with van der Waals surface area (Å²) in [5, 5.41) is 6.55. The average Bonchev–Trinajstić information content (AvgIpc) is 3.42. The van der Waals surface area contributed by atoms with Gasteiger partial charge >= 0.3 is 5.97 Å². The van der Waals surface area contributed by atoms with E-state index in [0.717, 1.165) is 40.4 Å². The Labute approximate surface area is 210 Å². The summed E-state index contributed by atoms with van der Waals surface area (Å²) in [6.07, 6.45) is 1.88. The van der Waals surface area contributed by atoms with Crippen molar-refractivity contribution in [2.45, 2.75) is 54.0 Å². The molecule has 0 unspecified atom stereocenters. The molecule has 5 nitrogen and oxygen atoms in total. The molecular weight excluding hydrogens is 456 g/mol. The van der Waals surface area contributed by atoms with Crippen LogP contribution in [0.25, 0.3) is 22.0 Å². The summed E-state index contributed by atoms with van der Waals surface area (Å²) < 4.78 is 7.42. The maximum absolute atomic E-state index is 13.6. The molecule has 182 valence electrons. The number of fused-ring (bicyclic) bond motifs is 1. The molecule has 1 amide bonds. The zero-order valence-corrected chi connectivity index (χ0v) is 21.8. The van der Waals surface area contributed by atoms with Crippen LogP contribution in [0.15, 0.2) is 47.8 Å². The Morgan fingerprint density at radius 1 is 0.971 bits per heavy atom. The van der Waals surface area contributed by atoms with Crippen LogP contribution < -0.4 is 5.32 Å². The first-order valence-electron chi connectivity index (χ1n) is 12.2. The van der Waals surface area contributed by atoms with Gasteiger partial charge in [-0.1, -0.05) is 44.2 Å². The summed E-state index contributed by atoms with van der Waals surface area (Å²) in [6, 6.07) is 14.5. The number of nitrogens with zero attached hydrogens (tertiary/aromatic N) is 1. The van der Waals surface area contributed by atoms with Gasteiger partial charge < -0.3 is 14.6 Å². The number of rotatable bonds is 8. The van der Waals surface area contributed by atoms with Crippen molar-refractivity contribution >= 4 is 39.1 Å². The summed E-state index contributed by atoms with van der Waals surface area (Å²) in [6.45, 7) is 11.0. The van der Waals surface area contributed by atoms with Crippen molar-refractivity contribution in [2.24, 2.45) is 0 Å². The van der Waals surface area contributed by atoms with Gasteiger partial charge in [0.2, 0.25) is 0 Å². The molecule has 0 radical (unpaired) electrons. The highest BCUT2D eigenvalue weighted by atomic mass is 32.1. The number of aromatic nitrogens is 1. The van der Waals surface area contributed by atoms with E-state index < -0.39 is 5.97 Å². The lowest BCUT2D eigenvalue weighted by Crippen LogP contribution is -2.19. The molecule has 6 heteroatoms. The Kier molecular flexibility index (Phi) is 7.41. The number of aryl methyl sites for hydroxylation is 4. The van der Waals surface area contributed by atoms with Gasteiger partial charge in [0.1, 0.15) is 16.3 Å². The van der Waals surface area contributed by atoms with Gasteiger partial charge in [0.05, 0.1) is 6.61 Å². The molecule has 0 atom stereocenters. The largest absolute Gasteiger partial charge is 0.462 e. The smallest absolute Gasteiger partial charge is 0.341 e. The van der Waals surface area contributed by atoms with Crippen LogP contribution in [-0.2, 0) is 24.1 Å². The van der Waals surface area contributed by atoms with Crippen LogP contribution in [0.4, 0.5) is 5.00 Å². The van der Waals surface area contributed by atoms with E-state index in [-0.39, 0.29) is 12.5 Å². The van der Waals surface area contributed by atoms with Crippen molar-refractivity contribution in [3.8, 4) is 11.1 Å². The number of carbonyl (C=O) groups is 2. The van der Waals surface area contributed by atoms with E-state index in [4.69, 9.17) is 4.74 Å². The molecular formula is C29H32N2O3S. The topological polar surface area (TPSA) is 60.3 Å². The minimum absolute atomic E-state index is 0.223. The van der Waals surface area contributed by atoms with Crippen LogP contribution in [0, 0.1) is 6.92 Å². The number of anilines is 1. The van der Waals surface area contributed by atoms with Crippen LogP contribution >= 0.6 is 11.3 Å². The van der Waals surface area contributed by atoms with Crippen molar-refractivity contribution < 1.29 is 14.3 Å². The van der Waals surface area contributed by atoms with E-state index in [2.05, 4.69) is 49.5 Å². The SMILES string of the molecule is CCOC(=O)c1c(-c2ccc(CC)cc2)csc1NC(=O)c1c(C)c2cc(CC)ccc2n1CC. The first-order chi connectivity index (χ1) is 16.9. The summed E-state index contributed by atoms with van der Waals surface area (Å²) in [5.41, 5.74) is 7.17. The number of amides is 1. The second-order valence-electron chi connectivity index (χ2n) is 8.50. The zero-order chi connectivity index (χ0) is 25.1. The third-order valence-corrected chi connectivity index (χ3v) is 7.39. The van der Waals surface area contributed by atoms with Gasteiger partial charge in [-0.05, 0) is 68.0 Å². The van der Waals surface area contributed by atoms with Gasteiger partial charge in [0.15, 0.2) is 0 Å². The van der Waals surface area contributed by atoms with Gasteiger partial charge in [-0.15, -0.1) is 11.3 Å². The van der Waals surface area contributed by atoms with Crippen LogP contribution in [0.3, 0.4) is 0 Å². The van der Waals surface area contributed by atoms with E-state index in [0.29, 0.717) is 22.8 Å². The number of hydrogen-bond donors (Lipinski definition) is 1. The Morgan fingerprint density at radius 3 is 2.29 bits per heavy atom. The summed E-state index contributed by atoms with van der Waals surface area (Å²) in [7, 11) is 0. The Morgan fingerprint density at radius 2 is 1.66 bits per heavy atom. The fraction of sp³-hybridized carbons (Fsp3) is 0.310. The fourth-order valence-electron chi connectivity index (χ4n) is 4.56. The van der Waals surface area contributed by atoms with Gasteiger partial charge in [0.25, 0.3) is 5.91 Å². The van der Waals surface area contributed by atoms with Gasteiger partial charge in [-0.25, -0.2) is 4.79 Å². The second-order valence-corrected chi connectivity index (χ2v) is 9.38. The first-order valence-corrected chi connectivity index (χ1v) is 13.1. The number of ether oxygens (including phenoxy) is 1. The molecule has 0 saturated heterocycles. The zero-order valence-electron chi connectivity index (χ0n) is 21.0. The lowest BCUT2D eigenvalue weighted by Gasteiger charge is -2.11. The summed E-state index contributed by atoms with van der Waals surface area (Å²) in [4.78, 5) is 26.6. The Hall–Kier alpha value is -3.38. The van der Waals surface area contributed by atoms with Crippen LogP contribution in [0.5, 0.6) is 0 Å². The van der Waals surface area contributed by atoms with E-state index >= 15 is 0 Å². The minimum atomic E-state index is -0.432. The monoisotopic (exact) mass is 488 g/mol. The van der Waals surface area contributed by atoms with Gasteiger partial charge in [-0.2, -0.15) is 0 Å². The van der Waals surface area contributed by atoms with E-state index in [1.54, 1.807) is 6.92 Å². The van der Waals surface area contributed by atoms with Crippen molar-refractivity contribution in [3.05, 3.63) is 75.8 Å². The molecule has 0 aliphatic heterocycles. The summed E-state index contributed by atoms with van der Waals surface area (Å²) >= 11 is 1.35. The molecule has 2 heterocycles. The number of benzene rings is 2. The second kappa shape index (κ2) is 10.5. The molecule has 0 bridgehead atoms. The highest BCUT2D eigenvalue weighted by molar-refractivity contribution is 7.15. The van der Waals surface area contributed by atoms with E-state index in [1.807, 2.05) is 35.9 Å². The molecule has 0 spiro atoms. The van der Waals surface area contributed by atoms with Crippen molar-refractivity contribution in [1.29, 1.82) is 0 Å². The molecule has 2 aromatic carbocycles. The van der Waals surface area contributed by atoms with E-state index in [9.17, 15) is 9.59 Å².